The number of amides is 1. The van der Waals surface area contributed by atoms with E-state index in [4.69, 9.17) is 0 Å². The number of rotatable bonds is 4. The number of benzene rings is 1. The fourth-order valence-electron chi connectivity index (χ4n) is 3.70. The minimum Gasteiger partial charge on any atom is -0.309 e. The van der Waals surface area contributed by atoms with E-state index >= 15 is 0 Å². The molecule has 0 aliphatic carbocycles. The lowest BCUT2D eigenvalue weighted by Gasteiger charge is -2.14. The highest BCUT2D eigenvalue weighted by molar-refractivity contribution is 7.91. The molecule has 1 unspecified atom stereocenters. The van der Waals surface area contributed by atoms with Crippen molar-refractivity contribution in [2.24, 2.45) is 7.05 Å². The number of hydrogen-bond acceptors (Lipinski definition) is 5. The number of imidazole rings is 1. The van der Waals surface area contributed by atoms with Crippen LogP contribution in [0.15, 0.2) is 35.1 Å². The van der Waals surface area contributed by atoms with Crippen molar-refractivity contribution in [1.82, 2.24) is 18.9 Å². The van der Waals surface area contributed by atoms with Crippen molar-refractivity contribution in [3.8, 4) is 0 Å². The molecule has 1 aliphatic heterocycles. The van der Waals surface area contributed by atoms with Crippen LogP contribution in [0.3, 0.4) is 0 Å². The maximum atomic E-state index is 12.7. The molecule has 1 N–H and O–H groups in total. The Bertz CT molecular complexity index is 1230. The Labute approximate surface area is 161 Å². The third kappa shape index (κ3) is 3.24. The van der Waals surface area contributed by atoms with Gasteiger partial charge in [0.2, 0.25) is 5.91 Å². The molecule has 0 radical (unpaired) electrons. The molecule has 148 valence electrons. The van der Waals surface area contributed by atoms with Crippen molar-refractivity contribution in [2.75, 3.05) is 16.8 Å². The highest BCUT2D eigenvalue weighted by Crippen LogP contribution is 2.27. The number of nitrogens with zero attached hydrogens (tertiary/aromatic N) is 4. The molecule has 10 heteroatoms. The number of sulfone groups is 1. The normalized spacial score (nSPS) is 18.6. The van der Waals surface area contributed by atoms with Crippen molar-refractivity contribution in [1.29, 1.82) is 0 Å². The largest absolute Gasteiger partial charge is 0.329 e. The quantitative estimate of drug-likeness (QED) is 0.695. The van der Waals surface area contributed by atoms with Crippen LogP contribution < -0.4 is 11.0 Å². The van der Waals surface area contributed by atoms with Gasteiger partial charge in [0.15, 0.2) is 9.84 Å². The Balaban J connectivity index is 1.59. The van der Waals surface area contributed by atoms with Crippen molar-refractivity contribution >= 4 is 32.6 Å². The zero-order valence-corrected chi connectivity index (χ0v) is 16.4. The van der Waals surface area contributed by atoms with Crippen molar-refractivity contribution in [2.45, 2.75) is 25.9 Å². The number of carbonyl (C=O) groups excluding carboxylic acids is 1. The van der Waals surface area contributed by atoms with Crippen LogP contribution in [0.5, 0.6) is 0 Å². The summed E-state index contributed by atoms with van der Waals surface area (Å²) < 4.78 is 28.1. The molecule has 0 saturated carbocycles. The van der Waals surface area contributed by atoms with Gasteiger partial charge in [-0.15, -0.1) is 0 Å². The van der Waals surface area contributed by atoms with E-state index in [0.29, 0.717) is 23.4 Å². The summed E-state index contributed by atoms with van der Waals surface area (Å²) >= 11 is 0. The van der Waals surface area contributed by atoms with Crippen LogP contribution in [-0.2, 0) is 28.2 Å². The molecule has 0 bridgehead atoms. The smallest absolute Gasteiger partial charge is 0.309 e. The lowest BCUT2D eigenvalue weighted by molar-refractivity contribution is -0.116. The van der Waals surface area contributed by atoms with Gasteiger partial charge < -0.3 is 5.32 Å². The minimum atomic E-state index is -3.08. The molecular weight excluding hydrogens is 382 g/mol. The van der Waals surface area contributed by atoms with Crippen LogP contribution in [0.4, 0.5) is 5.82 Å². The lowest BCUT2D eigenvalue weighted by atomic mass is 10.3. The van der Waals surface area contributed by atoms with E-state index in [1.165, 1.54) is 9.13 Å². The molecule has 3 heterocycles. The molecule has 1 aromatic carbocycles. The van der Waals surface area contributed by atoms with E-state index in [1.54, 1.807) is 30.8 Å². The summed E-state index contributed by atoms with van der Waals surface area (Å²) in [5, 5.41) is 7.14. The average Bonchev–Trinajstić information content (AvgIpc) is 3.26. The summed E-state index contributed by atoms with van der Waals surface area (Å²) in [6.07, 6.45) is 0.467. The number of aromatic nitrogens is 4. The van der Waals surface area contributed by atoms with Crippen LogP contribution in [0.25, 0.3) is 11.0 Å². The predicted octanol–water partition coefficient (Wildman–Crippen LogP) is 0.843. The Morgan fingerprint density at radius 1 is 1.29 bits per heavy atom. The van der Waals surface area contributed by atoms with Gasteiger partial charge in [-0.3, -0.25) is 13.9 Å². The summed E-state index contributed by atoms with van der Waals surface area (Å²) in [7, 11) is -1.41. The van der Waals surface area contributed by atoms with E-state index in [1.807, 2.05) is 18.2 Å². The second kappa shape index (κ2) is 6.62. The monoisotopic (exact) mass is 403 g/mol. The molecule has 1 amide bonds. The summed E-state index contributed by atoms with van der Waals surface area (Å²) in [4.78, 5) is 25.1. The maximum Gasteiger partial charge on any atom is 0.329 e. The summed E-state index contributed by atoms with van der Waals surface area (Å²) in [5.74, 6) is 0.202. The molecule has 1 saturated heterocycles. The van der Waals surface area contributed by atoms with Crippen LogP contribution in [0, 0.1) is 6.92 Å². The highest BCUT2D eigenvalue weighted by atomic mass is 32.2. The minimum absolute atomic E-state index is 0.0137. The first-order valence-electron chi connectivity index (χ1n) is 8.96. The fraction of sp³-hybridized carbons (Fsp3) is 0.389. The first kappa shape index (κ1) is 18.5. The number of fused-ring (bicyclic) bond motifs is 1. The molecule has 3 aromatic rings. The third-order valence-electron chi connectivity index (χ3n) is 5.03. The number of nitrogens with one attached hydrogen (secondary N) is 1. The van der Waals surface area contributed by atoms with Gasteiger partial charge in [-0.05, 0) is 25.5 Å². The summed E-state index contributed by atoms with van der Waals surface area (Å²) in [5.41, 5.74) is 1.83. The van der Waals surface area contributed by atoms with Gasteiger partial charge in [0.25, 0.3) is 0 Å². The van der Waals surface area contributed by atoms with Gasteiger partial charge in [0.05, 0.1) is 34.3 Å². The van der Waals surface area contributed by atoms with Gasteiger partial charge in [0, 0.05) is 13.1 Å². The third-order valence-corrected chi connectivity index (χ3v) is 6.78. The predicted molar refractivity (Wildman–Crippen MR) is 105 cm³/mol. The molecule has 1 aliphatic rings. The van der Waals surface area contributed by atoms with Gasteiger partial charge in [-0.1, -0.05) is 12.1 Å². The molecule has 1 fully saturated rings. The van der Waals surface area contributed by atoms with Gasteiger partial charge in [-0.25, -0.2) is 17.9 Å². The van der Waals surface area contributed by atoms with E-state index in [9.17, 15) is 18.0 Å². The number of para-hydroxylation sites is 2. The maximum absolute atomic E-state index is 12.7. The SMILES string of the molecule is Cc1cc(NC(=O)Cn2c(=O)n(C)c3ccccc32)n(C2CCS(=O)(=O)C2)n1. The Morgan fingerprint density at radius 2 is 2.00 bits per heavy atom. The van der Waals surface area contributed by atoms with Crippen LogP contribution in [0.2, 0.25) is 0 Å². The van der Waals surface area contributed by atoms with E-state index in [0.717, 1.165) is 5.52 Å². The molecule has 1 atom stereocenters. The first-order valence-corrected chi connectivity index (χ1v) is 10.8. The van der Waals surface area contributed by atoms with Crippen LogP contribution in [-0.4, -0.2) is 44.7 Å². The first-order chi connectivity index (χ1) is 13.2. The molecule has 2 aromatic heterocycles. The van der Waals surface area contributed by atoms with E-state index < -0.39 is 9.84 Å². The van der Waals surface area contributed by atoms with Crippen molar-refractivity contribution in [3.05, 3.63) is 46.5 Å². The number of carbonyl (C=O) groups is 1. The molecule has 4 rings (SSSR count). The Morgan fingerprint density at radius 3 is 2.68 bits per heavy atom. The zero-order valence-electron chi connectivity index (χ0n) is 15.6. The zero-order chi connectivity index (χ0) is 20.1. The molecule has 0 spiro atoms. The van der Waals surface area contributed by atoms with Gasteiger partial charge >= 0.3 is 5.69 Å². The fourth-order valence-corrected chi connectivity index (χ4v) is 5.39. The van der Waals surface area contributed by atoms with Crippen LogP contribution >= 0.6 is 0 Å². The van der Waals surface area contributed by atoms with E-state index in [2.05, 4.69) is 10.4 Å². The summed E-state index contributed by atoms with van der Waals surface area (Å²) in [6.45, 7) is 1.64. The highest BCUT2D eigenvalue weighted by Gasteiger charge is 2.31. The number of anilines is 1. The van der Waals surface area contributed by atoms with Crippen LogP contribution in [0.1, 0.15) is 18.2 Å². The van der Waals surface area contributed by atoms with Crippen molar-refractivity contribution < 1.29 is 13.2 Å². The van der Waals surface area contributed by atoms with Gasteiger partial charge in [-0.2, -0.15) is 5.10 Å². The van der Waals surface area contributed by atoms with Crippen molar-refractivity contribution in [3.63, 3.8) is 0 Å². The molecule has 9 nitrogen and oxygen atoms in total. The van der Waals surface area contributed by atoms with Gasteiger partial charge in [0.1, 0.15) is 12.4 Å². The standard InChI is InChI=1S/C18H21N5O4S/c1-12-9-16(23(20-12)13-7-8-28(26,27)11-13)19-17(24)10-22-15-6-4-3-5-14(15)21(2)18(22)25/h3-6,9,13H,7-8,10-11H2,1-2H3,(H,19,24). The average molecular weight is 403 g/mol. The second-order valence-electron chi connectivity index (χ2n) is 7.14. The van der Waals surface area contributed by atoms with E-state index in [-0.39, 0.29) is 35.7 Å². The Hall–Kier alpha value is -2.88. The summed E-state index contributed by atoms with van der Waals surface area (Å²) in [6, 6.07) is 8.67. The topological polar surface area (TPSA) is 108 Å². The molecular formula is C18H21N5O4S. The Kier molecular flexibility index (Phi) is 4.37. The number of hydrogen-bond donors (Lipinski definition) is 1. The lowest BCUT2D eigenvalue weighted by Crippen LogP contribution is -2.29. The number of aryl methyl sites for hydroxylation is 2. The second-order valence-corrected chi connectivity index (χ2v) is 9.37. The molecule has 28 heavy (non-hydrogen) atoms.